The average Bonchev–Trinajstić information content (AvgIpc) is 3.14. The third-order valence-corrected chi connectivity index (χ3v) is 10.1. The molecule has 0 rings (SSSR count). The number of unbranched alkanes of at least 4 members (excludes halogenated alkanes) is 18. The third kappa shape index (κ3) is 43.0. The number of carbonyl (C=O) groups excluding carboxylic acids is 1. The molecule has 0 aliphatic rings. The highest BCUT2D eigenvalue weighted by Crippen LogP contribution is 2.43. The van der Waals surface area contributed by atoms with Crippen LogP contribution in [0.2, 0.25) is 0 Å². The summed E-state index contributed by atoms with van der Waals surface area (Å²) in [7, 11) is 1.65. The third-order valence-electron chi connectivity index (χ3n) is 9.14. The number of phosphoric acid groups is 1. The van der Waals surface area contributed by atoms with E-state index in [0.29, 0.717) is 17.4 Å². The molecule has 0 saturated heterocycles. The van der Waals surface area contributed by atoms with Crippen LogP contribution in [0.4, 0.5) is 0 Å². The Balaban J connectivity index is 4.35. The molecule has 0 fully saturated rings. The lowest BCUT2D eigenvalue weighted by Gasteiger charge is -2.24. The zero-order chi connectivity index (χ0) is 40.6. The number of carbonyl (C=O) groups is 1. The van der Waals surface area contributed by atoms with Crippen LogP contribution in [-0.4, -0.2) is 69.0 Å². The van der Waals surface area contributed by atoms with Crippen LogP contribution in [-0.2, 0) is 27.9 Å². The molecule has 320 valence electrons. The molecule has 0 aromatic rings. The molecule has 0 aromatic carbocycles. The van der Waals surface area contributed by atoms with Crippen molar-refractivity contribution in [2.45, 2.75) is 180 Å². The van der Waals surface area contributed by atoms with Crippen molar-refractivity contribution in [3.63, 3.8) is 0 Å². The van der Waals surface area contributed by atoms with Gasteiger partial charge in [0.1, 0.15) is 19.8 Å². The topological polar surface area (TPSA) is 91.3 Å². The molecule has 0 aliphatic heterocycles. The second-order valence-corrected chi connectivity index (χ2v) is 17.2. The summed E-state index contributed by atoms with van der Waals surface area (Å²) >= 11 is 0. The smallest absolute Gasteiger partial charge is 0.472 e. The second kappa shape index (κ2) is 38.9. The van der Waals surface area contributed by atoms with Crippen LogP contribution >= 0.6 is 7.82 Å². The van der Waals surface area contributed by atoms with Crippen molar-refractivity contribution in [3.05, 3.63) is 60.9 Å². The number of rotatable bonds is 40. The predicted octanol–water partition coefficient (Wildman–Crippen LogP) is 13.3. The summed E-state index contributed by atoms with van der Waals surface area (Å²) in [5.41, 5.74) is 0. The maximum absolute atomic E-state index is 12.5. The standard InChI is InChI=1S/C46H84NO7P/c1-6-8-10-12-14-16-18-20-22-24-25-27-29-31-33-35-37-39-46(48)52-43-45(44-54-55(49,50)53-42-40-47(3,4)5)51-41-38-36-34-32-30-28-26-23-21-19-17-15-13-11-9-7-2/h14,16-17,19-20,22,25,27,38,41,45H,6-13,15,18,21,23-24,26,28-37,39-40,42-44H2,1-5H3/p+1/b16-14-,19-17-,22-20-,27-25-,41-38-. The highest BCUT2D eigenvalue weighted by atomic mass is 31.2. The predicted molar refractivity (Wildman–Crippen MR) is 233 cm³/mol. The highest BCUT2D eigenvalue weighted by molar-refractivity contribution is 7.47. The largest absolute Gasteiger partial charge is 0.492 e. The first kappa shape index (κ1) is 53.0. The van der Waals surface area contributed by atoms with Gasteiger partial charge in [0.25, 0.3) is 0 Å². The van der Waals surface area contributed by atoms with E-state index in [4.69, 9.17) is 18.5 Å². The Morgan fingerprint density at radius 3 is 1.56 bits per heavy atom. The maximum Gasteiger partial charge on any atom is 0.472 e. The van der Waals surface area contributed by atoms with E-state index in [0.717, 1.165) is 57.8 Å². The molecule has 2 atom stereocenters. The second-order valence-electron chi connectivity index (χ2n) is 15.8. The SMILES string of the molecule is CCCCC/C=C\C/C=C\C/C=C\CCCCCCC(=O)OCC(COP(=O)(O)OCC[N+](C)(C)C)O/C=C\CCCCCCCC/C=C\CCCCCC. The van der Waals surface area contributed by atoms with E-state index in [1.165, 1.54) is 96.3 Å². The summed E-state index contributed by atoms with van der Waals surface area (Å²) in [4.78, 5) is 22.7. The minimum absolute atomic E-state index is 0.0649. The lowest BCUT2D eigenvalue weighted by Crippen LogP contribution is -2.37. The zero-order valence-corrected chi connectivity index (χ0v) is 37.0. The molecular formula is C46H85NO7P+. The van der Waals surface area contributed by atoms with Gasteiger partial charge in [-0.1, -0.05) is 133 Å². The molecule has 9 heteroatoms. The number of allylic oxidation sites excluding steroid dienone is 9. The Labute approximate surface area is 339 Å². The molecule has 0 saturated carbocycles. The first-order valence-electron chi connectivity index (χ1n) is 22.1. The van der Waals surface area contributed by atoms with Crippen molar-refractivity contribution in [1.82, 2.24) is 0 Å². The van der Waals surface area contributed by atoms with E-state index in [1.54, 1.807) is 6.26 Å². The van der Waals surface area contributed by atoms with Crippen LogP contribution in [0.3, 0.4) is 0 Å². The Kier molecular flexibility index (Phi) is 37.5. The van der Waals surface area contributed by atoms with Gasteiger partial charge in [-0.3, -0.25) is 13.8 Å². The van der Waals surface area contributed by atoms with Crippen molar-refractivity contribution < 1.29 is 37.3 Å². The van der Waals surface area contributed by atoms with Crippen LogP contribution < -0.4 is 0 Å². The lowest BCUT2D eigenvalue weighted by atomic mass is 10.1. The summed E-state index contributed by atoms with van der Waals surface area (Å²) in [6.45, 7) is 4.82. The Bertz CT molecular complexity index is 1060. The molecule has 0 aliphatic carbocycles. The molecule has 0 bridgehead atoms. The minimum atomic E-state index is -4.27. The molecule has 8 nitrogen and oxygen atoms in total. The molecule has 0 spiro atoms. The fraction of sp³-hybridized carbons (Fsp3) is 0.761. The van der Waals surface area contributed by atoms with E-state index in [2.05, 4.69) is 62.5 Å². The number of hydrogen-bond acceptors (Lipinski definition) is 6. The van der Waals surface area contributed by atoms with Gasteiger partial charge < -0.3 is 18.9 Å². The van der Waals surface area contributed by atoms with Gasteiger partial charge in [-0.15, -0.1) is 0 Å². The van der Waals surface area contributed by atoms with Gasteiger partial charge in [-0.05, 0) is 89.5 Å². The van der Waals surface area contributed by atoms with E-state index < -0.39 is 13.9 Å². The van der Waals surface area contributed by atoms with Crippen molar-refractivity contribution >= 4 is 13.8 Å². The molecule has 1 N–H and O–H groups in total. The monoisotopic (exact) mass is 795 g/mol. The quantitative estimate of drug-likeness (QED) is 0.0165. The van der Waals surface area contributed by atoms with E-state index in [-0.39, 0.29) is 25.8 Å². The highest BCUT2D eigenvalue weighted by Gasteiger charge is 2.25. The summed E-state index contributed by atoms with van der Waals surface area (Å²) in [5, 5.41) is 0. The fourth-order valence-corrected chi connectivity index (χ4v) is 6.34. The maximum atomic E-state index is 12.5. The van der Waals surface area contributed by atoms with Crippen molar-refractivity contribution in [3.8, 4) is 0 Å². The number of quaternary nitrogens is 1. The van der Waals surface area contributed by atoms with Gasteiger partial charge in [-0.25, -0.2) is 4.57 Å². The van der Waals surface area contributed by atoms with Crippen LogP contribution in [0.1, 0.15) is 174 Å². The first-order chi connectivity index (χ1) is 26.6. The molecular weight excluding hydrogens is 709 g/mol. The van der Waals surface area contributed by atoms with E-state index >= 15 is 0 Å². The van der Waals surface area contributed by atoms with E-state index in [1.807, 2.05) is 27.2 Å². The van der Waals surface area contributed by atoms with Crippen molar-refractivity contribution in [2.24, 2.45) is 0 Å². The Morgan fingerprint density at radius 2 is 1.02 bits per heavy atom. The first-order valence-corrected chi connectivity index (χ1v) is 23.6. The molecule has 0 heterocycles. The van der Waals surface area contributed by atoms with Crippen molar-refractivity contribution in [1.29, 1.82) is 0 Å². The Hall–Kier alpha value is -1.96. The van der Waals surface area contributed by atoms with Gasteiger partial charge in [0.05, 0.1) is 34.0 Å². The number of hydrogen-bond donors (Lipinski definition) is 1. The lowest BCUT2D eigenvalue weighted by molar-refractivity contribution is -0.870. The van der Waals surface area contributed by atoms with Gasteiger partial charge in [0.2, 0.25) is 0 Å². The molecule has 2 unspecified atom stereocenters. The molecule has 55 heavy (non-hydrogen) atoms. The number of likely N-dealkylation sites (N-methyl/N-ethyl adjacent to an activating group) is 1. The number of esters is 1. The number of ether oxygens (including phenoxy) is 2. The summed E-state index contributed by atoms with van der Waals surface area (Å²) < 4.78 is 34.7. The van der Waals surface area contributed by atoms with E-state index in [9.17, 15) is 14.3 Å². The summed E-state index contributed by atoms with van der Waals surface area (Å²) in [6, 6.07) is 0. The molecule has 0 radical (unpaired) electrons. The zero-order valence-electron chi connectivity index (χ0n) is 36.1. The molecule has 0 aromatic heterocycles. The fourth-order valence-electron chi connectivity index (χ4n) is 5.60. The average molecular weight is 795 g/mol. The summed E-state index contributed by atoms with van der Waals surface area (Å²) in [5.74, 6) is -0.301. The number of nitrogens with zero attached hydrogens (tertiary/aromatic N) is 1. The Morgan fingerprint density at radius 1 is 0.582 bits per heavy atom. The van der Waals surface area contributed by atoms with Crippen LogP contribution in [0, 0.1) is 0 Å². The van der Waals surface area contributed by atoms with Gasteiger partial charge in [-0.2, -0.15) is 0 Å². The molecule has 0 amide bonds. The van der Waals surface area contributed by atoms with Crippen LogP contribution in [0.5, 0.6) is 0 Å². The number of phosphoric ester groups is 1. The minimum Gasteiger partial charge on any atom is -0.492 e. The van der Waals surface area contributed by atoms with Gasteiger partial charge in [0, 0.05) is 6.42 Å². The normalized spacial score (nSPS) is 14.3. The van der Waals surface area contributed by atoms with Crippen molar-refractivity contribution in [2.75, 3.05) is 47.5 Å². The summed E-state index contributed by atoms with van der Waals surface area (Å²) in [6.07, 6.45) is 49.2. The van der Waals surface area contributed by atoms with Gasteiger partial charge >= 0.3 is 13.8 Å². The van der Waals surface area contributed by atoms with Crippen LogP contribution in [0.15, 0.2) is 60.9 Å². The van der Waals surface area contributed by atoms with Crippen LogP contribution in [0.25, 0.3) is 0 Å². The van der Waals surface area contributed by atoms with Gasteiger partial charge in [0.15, 0.2) is 6.10 Å².